The van der Waals surface area contributed by atoms with Gasteiger partial charge in [0.1, 0.15) is 5.75 Å². The van der Waals surface area contributed by atoms with Gasteiger partial charge in [0.25, 0.3) is 5.91 Å². The van der Waals surface area contributed by atoms with Crippen LogP contribution in [-0.2, 0) is 0 Å². The number of benzene rings is 1. The molecule has 0 saturated carbocycles. The Balaban J connectivity index is 1.97. The van der Waals surface area contributed by atoms with Gasteiger partial charge in [-0.2, -0.15) is 0 Å². The molecular weight excluding hydrogens is 286 g/mol. The van der Waals surface area contributed by atoms with Crippen molar-refractivity contribution >= 4 is 17.7 Å². The minimum absolute atomic E-state index is 0.153. The summed E-state index contributed by atoms with van der Waals surface area (Å²) >= 11 is 1.47. The molecule has 21 heavy (non-hydrogen) atoms. The van der Waals surface area contributed by atoms with Gasteiger partial charge in [-0.05, 0) is 30.0 Å². The van der Waals surface area contributed by atoms with Gasteiger partial charge in [-0.1, -0.05) is 36.9 Å². The summed E-state index contributed by atoms with van der Waals surface area (Å²) in [6.45, 7) is 2.57. The number of amides is 1. The van der Waals surface area contributed by atoms with Gasteiger partial charge in [0, 0.05) is 12.5 Å². The third kappa shape index (κ3) is 3.82. The molecule has 1 atom stereocenters. The molecule has 0 aliphatic carbocycles. The maximum atomic E-state index is 12.0. The average molecular weight is 305 g/mol. The zero-order chi connectivity index (χ0) is 15.2. The van der Waals surface area contributed by atoms with Gasteiger partial charge in [-0.15, -0.1) is 0 Å². The van der Waals surface area contributed by atoms with Crippen molar-refractivity contribution in [1.82, 2.24) is 5.32 Å². The molecule has 0 radical (unpaired) electrons. The van der Waals surface area contributed by atoms with Crippen LogP contribution in [0.4, 0.5) is 0 Å². The fourth-order valence-electron chi connectivity index (χ4n) is 2.07. The van der Waals surface area contributed by atoms with Gasteiger partial charge in [-0.25, -0.2) is 0 Å². The van der Waals surface area contributed by atoms with E-state index in [9.17, 15) is 4.79 Å². The molecule has 0 fully saturated rings. The summed E-state index contributed by atoms with van der Waals surface area (Å²) in [6, 6.07) is 11.3. The van der Waals surface area contributed by atoms with Crippen molar-refractivity contribution in [2.75, 3.05) is 19.9 Å². The van der Waals surface area contributed by atoms with E-state index in [0.717, 1.165) is 16.4 Å². The summed E-state index contributed by atoms with van der Waals surface area (Å²) in [5.41, 5.74) is 1.07. The molecule has 0 saturated heterocycles. The van der Waals surface area contributed by atoms with Crippen molar-refractivity contribution in [2.45, 2.75) is 17.9 Å². The van der Waals surface area contributed by atoms with E-state index >= 15 is 0 Å². The van der Waals surface area contributed by atoms with Crippen LogP contribution in [-0.4, -0.2) is 25.8 Å². The molecule has 1 aromatic heterocycles. The Labute approximate surface area is 128 Å². The maximum Gasteiger partial charge on any atom is 0.287 e. The highest BCUT2D eigenvalue weighted by molar-refractivity contribution is 7.98. The van der Waals surface area contributed by atoms with Crippen LogP contribution in [0.2, 0.25) is 0 Å². The van der Waals surface area contributed by atoms with E-state index < -0.39 is 0 Å². The molecule has 0 aliphatic heterocycles. The number of methoxy groups -OCH3 is 1. The normalized spacial score (nSPS) is 12.0. The zero-order valence-electron chi connectivity index (χ0n) is 12.4. The Hall–Kier alpha value is -1.88. The first-order valence-corrected chi connectivity index (χ1v) is 7.93. The van der Waals surface area contributed by atoms with Crippen LogP contribution in [0.1, 0.15) is 29.0 Å². The molecule has 112 valence electrons. The zero-order valence-corrected chi connectivity index (χ0v) is 13.2. The molecule has 1 aromatic carbocycles. The molecule has 1 unspecified atom stereocenters. The quantitative estimate of drug-likeness (QED) is 0.829. The highest BCUT2D eigenvalue weighted by Gasteiger charge is 2.15. The molecule has 1 N–H and O–H groups in total. The lowest BCUT2D eigenvalue weighted by molar-refractivity contribution is 0.0919. The molecular formula is C16H19NO3S. The van der Waals surface area contributed by atoms with E-state index in [1.54, 1.807) is 19.2 Å². The minimum atomic E-state index is -0.197. The summed E-state index contributed by atoms with van der Waals surface area (Å²) in [5, 5.41) is 3.62. The van der Waals surface area contributed by atoms with Crippen molar-refractivity contribution in [3.05, 3.63) is 47.7 Å². The fraction of sp³-hybridized carbons (Fsp3) is 0.312. The van der Waals surface area contributed by atoms with Crippen LogP contribution in [0.25, 0.3) is 0 Å². The second-order valence-electron chi connectivity index (χ2n) is 4.68. The highest BCUT2D eigenvalue weighted by Crippen LogP contribution is 2.25. The van der Waals surface area contributed by atoms with Crippen molar-refractivity contribution in [1.29, 1.82) is 0 Å². The summed E-state index contributed by atoms with van der Waals surface area (Å²) in [5.74, 6) is 1.13. The van der Waals surface area contributed by atoms with E-state index in [1.165, 1.54) is 11.8 Å². The second kappa shape index (κ2) is 7.22. The number of rotatable bonds is 6. The predicted molar refractivity (Wildman–Crippen MR) is 84.2 cm³/mol. The SMILES string of the molecule is COc1ccccc1C(C)CNC(=O)c1ccc(SC)o1. The van der Waals surface area contributed by atoms with Crippen LogP contribution >= 0.6 is 11.8 Å². The standard InChI is InChI=1S/C16H19NO3S/c1-11(12-6-4-5-7-13(12)19-2)10-17-16(18)14-8-9-15(20-14)21-3/h4-9,11H,10H2,1-3H3,(H,17,18). The summed E-state index contributed by atoms with van der Waals surface area (Å²) in [4.78, 5) is 12.0. The number of hydrogen-bond acceptors (Lipinski definition) is 4. The predicted octanol–water partition coefficient (Wildman–Crippen LogP) is 3.54. The number of carbonyl (C=O) groups is 1. The van der Waals surface area contributed by atoms with E-state index in [4.69, 9.17) is 9.15 Å². The average Bonchev–Trinajstić information content (AvgIpc) is 3.01. The number of furan rings is 1. The highest BCUT2D eigenvalue weighted by atomic mass is 32.2. The summed E-state index contributed by atoms with van der Waals surface area (Å²) in [7, 11) is 1.65. The maximum absolute atomic E-state index is 12.0. The molecule has 1 heterocycles. The molecule has 5 heteroatoms. The van der Waals surface area contributed by atoms with Gasteiger partial charge in [0.15, 0.2) is 10.9 Å². The van der Waals surface area contributed by atoms with Gasteiger partial charge in [0.05, 0.1) is 7.11 Å². The van der Waals surface area contributed by atoms with Crippen LogP contribution in [0, 0.1) is 0 Å². The Kier molecular flexibility index (Phi) is 5.33. The topological polar surface area (TPSA) is 51.5 Å². The molecule has 0 bridgehead atoms. The van der Waals surface area contributed by atoms with Crippen molar-refractivity contribution < 1.29 is 13.9 Å². The van der Waals surface area contributed by atoms with Gasteiger partial charge in [-0.3, -0.25) is 4.79 Å². The molecule has 1 amide bonds. The number of thioether (sulfide) groups is 1. The molecule has 2 aromatic rings. The van der Waals surface area contributed by atoms with Gasteiger partial charge in [0.2, 0.25) is 0 Å². The lowest BCUT2D eigenvalue weighted by Gasteiger charge is -2.15. The molecule has 0 spiro atoms. The van der Waals surface area contributed by atoms with Crippen LogP contribution in [0.3, 0.4) is 0 Å². The largest absolute Gasteiger partial charge is 0.496 e. The number of carbonyl (C=O) groups excluding carboxylic acids is 1. The lowest BCUT2D eigenvalue weighted by Crippen LogP contribution is -2.27. The smallest absolute Gasteiger partial charge is 0.287 e. The third-order valence-corrected chi connectivity index (χ3v) is 3.87. The number of nitrogens with one attached hydrogen (secondary N) is 1. The van der Waals surface area contributed by atoms with Crippen molar-refractivity contribution in [3.8, 4) is 5.75 Å². The van der Waals surface area contributed by atoms with Gasteiger partial charge < -0.3 is 14.5 Å². The van der Waals surface area contributed by atoms with E-state index in [1.807, 2.05) is 37.4 Å². The molecule has 0 aliphatic rings. The fourth-order valence-corrected chi connectivity index (χ4v) is 2.45. The monoisotopic (exact) mass is 305 g/mol. The first-order chi connectivity index (χ1) is 10.2. The lowest BCUT2D eigenvalue weighted by atomic mass is 10.00. The molecule has 4 nitrogen and oxygen atoms in total. The van der Waals surface area contributed by atoms with Crippen LogP contribution in [0.15, 0.2) is 45.9 Å². The van der Waals surface area contributed by atoms with Crippen molar-refractivity contribution in [3.63, 3.8) is 0 Å². The third-order valence-electron chi connectivity index (χ3n) is 3.24. The Morgan fingerprint density at radius 2 is 2.10 bits per heavy atom. The molecule has 2 rings (SSSR count). The van der Waals surface area contributed by atoms with Crippen LogP contribution in [0.5, 0.6) is 5.75 Å². The number of ether oxygens (including phenoxy) is 1. The second-order valence-corrected chi connectivity index (χ2v) is 5.49. The van der Waals surface area contributed by atoms with E-state index in [0.29, 0.717) is 12.3 Å². The minimum Gasteiger partial charge on any atom is -0.496 e. The van der Waals surface area contributed by atoms with Crippen molar-refractivity contribution in [2.24, 2.45) is 0 Å². The van der Waals surface area contributed by atoms with E-state index in [-0.39, 0.29) is 11.8 Å². The Morgan fingerprint density at radius 1 is 1.33 bits per heavy atom. The Morgan fingerprint density at radius 3 is 2.76 bits per heavy atom. The number of hydrogen-bond donors (Lipinski definition) is 1. The van der Waals surface area contributed by atoms with Crippen LogP contribution < -0.4 is 10.1 Å². The van der Waals surface area contributed by atoms with Gasteiger partial charge >= 0.3 is 0 Å². The first-order valence-electron chi connectivity index (χ1n) is 6.70. The van der Waals surface area contributed by atoms with E-state index in [2.05, 4.69) is 5.32 Å². The first kappa shape index (κ1) is 15.5. The summed E-state index contributed by atoms with van der Waals surface area (Å²) < 4.78 is 10.7. The Bertz CT molecular complexity index is 609. The summed E-state index contributed by atoms with van der Waals surface area (Å²) in [6.07, 6.45) is 1.91. The number of para-hydroxylation sites is 1.